The van der Waals surface area contributed by atoms with Crippen molar-refractivity contribution in [3.63, 3.8) is 0 Å². The first-order valence-corrected chi connectivity index (χ1v) is 6.52. The summed E-state index contributed by atoms with van der Waals surface area (Å²) in [6.07, 6.45) is -0.0997. The fraction of sp³-hybridized carbons (Fsp3) is 0.417. The first kappa shape index (κ1) is 15.2. The molecule has 1 aromatic rings. The summed E-state index contributed by atoms with van der Waals surface area (Å²) in [5.41, 5.74) is 5.43. The summed E-state index contributed by atoms with van der Waals surface area (Å²) in [4.78, 5) is 35.4. The molecule has 0 fully saturated rings. The molecule has 7 heteroatoms. The van der Waals surface area contributed by atoms with Gasteiger partial charge in [0.25, 0.3) is 5.91 Å². The topological polar surface area (TPSA) is 109 Å². The van der Waals surface area contributed by atoms with Crippen molar-refractivity contribution in [1.82, 2.24) is 5.32 Å². The predicted octanol–water partition coefficient (Wildman–Crippen LogP) is 0.813. The zero-order valence-electron chi connectivity index (χ0n) is 10.7. The van der Waals surface area contributed by atoms with Gasteiger partial charge in [0, 0.05) is 16.2 Å². The standard InChI is InChI=1S/C12H16N2O4S/c1-6-5-8(7(2)19-6)11(16)14-9(12(17)18)3-4-10(13)15/h5,9H,3-4H2,1-2H3,(H2,13,15)(H,14,16)(H,17,18)/t9-/m1/s1. The predicted molar refractivity (Wildman–Crippen MR) is 71.1 cm³/mol. The molecular weight excluding hydrogens is 268 g/mol. The minimum absolute atomic E-state index is 0.0153. The molecule has 19 heavy (non-hydrogen) atoms. The highest BCUT2D eigenvalue weighted by Crippen LogP contribution is 2.20. The normalized spacial score (nSPS) is 11.9. The molecule has 1 aromatic heterocycles. The van der Waals surface area contributed by atoms with Crippen LogP contribution in [0.2, 0.25) is 0 Å². The molecular formula is C12H16N2O4S. The highest BCUT2D eigenvalue weighted by atomic mass is 32.1. The summed E-state index contributed by atoms with van der Waals surface area (Å²) in [5, 5.41) is 11.4. The van der Waals surface area contributed by atoms with Gasteiger partial charge in [0.1, 0.15) is 6.04 Å². The van der Waals surface area contributed by atoms with Gasteiger partial charge in [0.05, 0.1) is 5.56 Å². The number of aliphatic carboxylic acids is 1. The van der Waals surface area contributed by atoms with Gasteiger partial charge >= 0.3 is 5.97 Å². The monoisotopic (exact) mass is 284 g/mol. The molecule has 0 aliphatic heterocycles. The second-order valence-corrected chi connectivity index (χ2v) is 5.66. The quantitative estimate of drug-likeness (QED) is 0.718. The molecule has 6 nitrogen and oxygen atoms in total. The van der Waals surface area contributed by atoms with Gasteiger partial charge in [-0.25, -0.2) is 4.79 Å². The number of hydrogen-bond donors (Lipinski definition) is 3. The maximum atomic E-state index is 12.0. The van der Waals surface area contributed by atoms with E-state index in [1.54, 1.807) is 13.0 Å². The van der Waals surface area contributed by atoms with Crippen LogP contribution in [0.1, 0.15) is 33.0 Å². The summed E-state index contributed by atoms with van der Waals surface area (Å²) >= 11 is 1.47. The SMILES string of the molecule is Cc1cc(C(=O)N[C@H](CCC(N)=O)C(=O)O)c(C)s1. The number of hydrogen-bond acceptors (Lipinski definition) is 4. The summed E-state index contributed by atoms with van der Waals surface area (Å²) in [7, 11) is 0. The minimum Gasteiger partial charge on any atom is -0.480 e. The Kier molecular flexibility index (Phi) is 5.05. The van der Waals surface area contributed by atoms with Crippen LogP contribution in [-0.2, 0) is 9.59 Å². The van der Waals surface area contributed by atoms with Crippen molar-refractivity contribution in [2.75, 3.05) is 0 Å². The lowest BCUT2D eigenvalue weighted by Gasteiger charge is -2.13. The lowest BCUT2D eigenvalue weighted by atomic mass is 10.1. The largest absolute Gasteiger partial charge is 0.480 e. The van der Waals surface area contributed by atoms with E-state index in [4.69, 9.17) is 10.8 Å². The van der Waals surface area contributed by atoms with Crippen LogP contribution in [0.5, 0.6) is 0 Å². The van der Waals surface area contributed by atoms with E-state index in [2.05, 4.69) is 5.32 Å². The van der Waals surface area contributed by atoms with Crippen molar-refractivity contribution in [2.45, 2.75) is 32.7 Å². The van der Waals surface area contributed by atoms with Gasteiger partial charge in [-0.3, -0.25) is 9.59 Å². The number of amides is 2. The van der Waals surface area contributed by atoms with Gasteiger partial charge in [0.2, 0.25) is 5.91 Å². The zero-order chi connectivity index (χ0) is 14.6. The molecule has 0 aromatic carbocycles. The Morgan fingerprint density at radius 1 is 1.42 bits per heavy atom. The van der Waals surface area contributed by atoms with E-state index in [1.165, 1.54) is 11.3 Å². The molecule has 0 saturated carbocycles. The number of nitrogens with two attached hydrogens (primary N) is 1. The molecule has 0 aliphatic carbocycles. The second kappa shape index (κ2) is 6.33. The molecule has 4 N–H and O–H groups in total. The third-order valence-electron chi connectivity index (χ3n) is 2.57. The summed E-state index contributed by atoms with van der Waals surface area (Å²) < 4.78 is 0. The van der Waals surface area contributed by atoms with E-state index in [9.17, 15) is 14.4 Å². The molecule has 2 amide bonds. The Morgan fingerprint density at radius 2 is 2.05 bits per heavy atom. The molecule has 0 radical (unpaired) electrons. The van der Waals surface area contributed by atoms with Gasteiger partial charge < -0.3 is 16.2 Å². The summed E-state index contributed by atoms with van der Waals surface area (Å²) in [6, 6.07) is 0.599. The van der Waals surface area contributed by atoms with Crippen LogP contribution in [0, 0.1) is 13.8 Å². The molecule has 0 aliphatic rings. The molecule has 0 spiro atoms. The van der Waals surface area contributed by atoms with Crippen LogP contribution >= 0.6 is 11.3 Å². The van der Waals surface area contributed by atoms with Crippen molar-refractivity contribution in [3.8, 4) is 0 Å². The first-order valence-electron chi connectivity index (χ1n) is 5.70. The Morgan fingerprint density at radius 3 is 2.47 bits per heavy atom. The molecule has 0 unspecified atom stereocenters. The fourth-order valence-corrected chi connectivity index (χ4v) is 2.56. The van der Waals surface area contributed by atoms with E-state index in [-0.39, 0.29) is 12.8 Å². The molecule has 104 valence electrons. The van der Waals surface area contributed by atoms with Crippen LogP contribution in [-0.4, -0.2) is 28.9 Å². The third-order valence-corrected chi connectivity index (χ3v) is 3.53. The van der Waals surface area contributed by atoms with Gasteiger partial charge in [-0.2, -0.15) is 0 Å². The molecule has 1 rings (SSSR count). The maximum absolute atomic E-state index is 12.0. The van der Waals surface area contributed by atoms with Crippen LogP contribution in [0.3, 0.4) is 0 Å². The van der Waals surface area contributed by atoms with Crippen LogP contribution in [0.4, 0.5) is 0 Å². The zero-order valence-corrected chi connectivity index (χ0v) is 11.5. The highest BCUT2D eigenvalue weighted by molar-refractivity contribution is 7.12. The summed E-state index contributed by atoms with van der Waals surface area (Å²) in [5.74, 6) is -2.22. The molecule has 0 bridgehead atoms. The molecule has 0 saturated heterocycles. The smallest absolute Gasteiger partial charge is 0.326 e. The van der Waals surface area contributed by atoms with Crippen molar-refractivity contribution >= 4 is 29.1 Å². The Hall–Kier alpha value is -1.89. The highest BCUT2D eigenvalue weighted by Gasteiger charge is 2.22. The number of thiophene rings is 1. The average molecular weight is 284 g/mol. The minimum atomic E-state index is -1.18. The second-order valence-electron chi connectivity index (χ2n) is 4.20. The number of carbonyl (C=O) groups is 3. The summed E-state index contributed by atoms with van der Waals surface area (Å²) in [6.45, 7) is 3.67. The average Bonchev–Trinajstić information content (AvgIpc) is 2.62. The first-order chi connectivity index (χ1) is 8.81. The lowest BCUT2D eigenvalue weighted by molar-refractivity contribution is -0.139. The number of aryl methyl sites for hydroxylation is 2. The van der Waals surface area contributed by atoms with E-state index < -0.39 is 23.8 Å². The number of primary amides is 1. The lowest BCUT2D eigenvalue weighted by Crippen LogP contribution is -2.41. The van der Waals surface area contributed by atoms with E-state index >= 15 is 0 Å². The number of carboxylic acids is 1. The van der Waals surface area contributed by atoms with E-state index in [1.807, 2.05) is 6.92 Å². The number of rotatable bonds is 6. The van der Waals surface area contributed by atoms with E-state index in [0.717, 1.165) is 9.75 Å². The number of carboxylic acid groups (broad SMARTS) is 1. The van der Waals surface area contributed by atoms with Gasteiger partial charge in [-0.1, -0.05) is 0 Å². The third kappa shape index (κ3) is 4.36. The molecule has 1 heterocycles. The molecule has 1 atom stereocenters. The van der Waals surface area contributed by atoms with Crippen LogP contribution in [0.15, 0.2) is 6.07 Å². The maximum Gasteiger partial charge on any atom is 0.326 e. The van der Waals surface area contributed by atoms with Crippen LogP contribution in [0.25, 0.3) is 0 Å². The number of nitrogens with one attached hydrogen (secondary N) is 1. The van der Waals surface area contributed by atoms with Crippen LogP contribution < -0.4 is 11.1 Å². The van der Waals surface area contributed by atoms with Gasteiger partial charge in [-0.05, 0) is 26.3 Å². The van der Waals surface area contributed by atoms with E-state index in [0.29, 0.717) is 5.56 Å². The Labute approximate surface area is 114 Å². The fourth-order valence-electron chi connectivity index (χ4n) is 1.64. The van der Waals surface area contributed by atoms with Crippen molar-refractivity contribution < 1.29 is 19.5 Å². The van der Waals surface area contributed by atoms with Crippen molar-refractivity contribution in [1.29, 1.82) is 0 Å². The Bertz CT molecular complexity index is 510. The van der Waals surface area contributed by atoms with Gasteiger partial charge in [-0.15, -0.1) is 11.3 Å². The van der Waals surface area contributed by atoms with Crippen molar-refractivity contribution in [3.05, 3.63) is 21.4 Å². The van der Waals surface area contributed by atoms with Crippen molar-refractivity contribution in [2.24, 2.45) is 5.73 Å². The van der Waals surface area contributed by atoms with Gasteiger partial charge in [0.15, 0.2) is 0 Å². The number of carbonyl (C=O) groups excluding carboxylic acids is 2. The Balaban J connectivity index is 2.74.